The van der Waals surface area contributed by atoms with E-state index in [0.29, 0.717) is 28.3 Å². The molecule has 4 nitrogen and oxygen atoms in total. The number of rotatable bonds is 6. The number of hydrogen-bond acceptors (Lipinski definition) is 4. The van der Waals surface area contributed by atoms with E-state index in [1.807, 2.05) is 18.2 Å². The number of aromatic nitrogens is 1. The molecular weight excluding hydrogens is 419 g/mol. The van der Waals surface area contributed by atoms with E-state index in [9.17, 15) is 0 Å². The number of ether oxygens (including phenoxy) is 1. The Hall–Kier alpha value is -2.01. The highest BCUT2D eigenvalue weighted by Crippen LogP contribution is 2.46. The third-order valence-corrected chi connectivity index (χ3v) is 6.62. The first-order chi connectivity index (χ1) is 14.7. The first kappa shape index (κ1) is 19.9. The molecule has 1 aliphatic heterocycles. The van der Waals surface area contributed by atoms with Crippen LogP contribution in [0.2, 0.25) is 10.0 Å². The number of piperidine rings is 1. The smallest absolute Gasteiger partial charge is 0.145 e. The van der Waals surface area contributed by atoms with Crippen LogP contribution in [0.1, 0.15) is 42.9 Å². The molecule has 2 heterocycles. The van der Waals surface area contributed by atoms with Crippen LogP contribution < -0.4 is 4.90 Å². The zero-order valence-corrected chi connectivity index (χ0v) is 18.2. The Bertz CT molecular complexity index is 989. The topological polar surface area (TPSA) is 38.5 Å². The molecule has 2 aromatic carbocycles. The van der Waals surface area contributed by atoms with E-state index in [1.165, 1.54) is 5.69 Å². The van der Waals surface area contributed by atoms with Crippen LogP contribution in [0.3, 0.4) is 0 Å². The summed E-state index contributed by atoms with van der Waals surface area (Å²) in [7, 11) is 0. The van der Waals surface area contributed by atoms with Crippen molar-refractivity contribution in [1.82, 2.24) is 5.16 Å². The molecule has 1 saturated carbocycles. The Morgan fingerprint density at radius 3 is 2.30 bits per heavy atom. The second kappa shape index (κ2) is 8.62. The van der Waals surface area contributed by atoms with Crippen LogP contribution in [-0.4, -0.2) is 24.4 Å². The molecule has 2 fully saturated rings. The van der Waals surface area contributed by atoms with Gasteiger partial charge in [0, 0.05) is 35.8 Å². The fourth-order valence-electron chi connectivity index (χ4n) is 4.17. The van der Waals surface area contributed by atoms with Crippen molar-refractivity contribution < 1.29 is 9.26 Å². The van der Waals surface area contributed by atoms with Crippen LogP contribution in [0.5, 0.6) is 0 Å². The van der Waals surface area contributed by atoms with Gasteiger partial charge in [0.1, 0.15) is 11.5 Å². The maximum atomic E-state index is 6.45. The second-order valence-corrected chi connectivity index (χ2v) is 8.89. The van der Waals surface area contributed by atoms with Crippen LogP contribution in [0.4, 0.5) is 5.69 Å². The van der Waals surface area contributed by atoms with Crippen LogP contribution in [0.15, 0.2) is 53.1 Å². The fraction of sp³-hybridized carbons (Fsp3) is 0.375. The summed E-state index contributed by atoms with van der Waals surface area (Å²) in [5.74, 6) is 1.37. The van der Waals surface area contributed by atoms with Gasteiger partial charge in [0.2, 0.25) is 0 Å². The molecule has 0 atom stereocenters. The van der Waals surface area contributed by atoms with E-state index >= 15 is 0 Å². The van der Waals surface area contributed by atoms with Crippen molar-refractivity contribution in [2.24, 2.45) is 0 Å². The predicted molar refractivity (Wildman–Crippen MR) is 120 cm³/mol. The van der Waals surface area contributed by atoms with Gasteiger partial charge in [-0.25, -0.2) is 0 Å². The first-order valence-electron chi connectivity index (χ1n) is 10.5. The number of nitrogens with zero attached hydrogens (tertiary/aromatic N) is 2. The SMILES string of the molecule is Clc1cccc(Cl)c1-c1noc(C2CC2)c1COC1CCN(c2ccccc2)CC1. The van der Waals surface area contributed by atoms with Gasteiger partial charge in [-0.15, -0.1) is 0 Å². The monoisotopic (exact) mass is 442 g/mol. The average Bonchev–Trinajstić information content (AvgIpc) is 3.54. The molecule has 0 N–H and O–H groups in total. The summed E-state index contributed by atoms with van der Waals surface area (Å²) < 4.78 is 12.1. The molecule has 0 radical (unpaired) electrons. The second-order valence-electron chi connectivity index (χ2n) is 8.08. The maximum absolute atomic E-state index is 6.45. The van der Waals surface area contributed by atoms with E-state index in [-0.39, 0.29) is 6.10 Å². The molecule has 5 rings (SSSR count). The van der Waals surface area contributed by atoms with Gasteiger partial charge >= 0.3 is 0 Å². The molecular formula is C24H24Cl2N2O2. The van der Waals surface area contributed by atoms with E-state index in [0.717, 1.165) is 55.7 Å². The molecule has 6 heteroatoms. The van der Waals surface area contributed by atoms with Gasteiger partial charge in [0.05, 0.1) is 22.8 Å². The minimum atomic E-state index is 0.224. The Balaban J connectivity index is 1.30. The number of para-hydroxylation sites is 1. The molecule has 0 unspecified atom stereocenters. The Morgan fingerprint density at radius 1 is 0.933 bits per heavy atom. The molecule has 1 saturated heterocycles. The largest absolute Gasteiger partial charge is 0.373 e. The van der Waals surface area contributed by atoms with Gasteiger partial charge in [0.25, 0.3) is 0 Å². The molecule has 1 aromatic heterocycles. The molecule has 0 spiro atoms. The number of halogens is 2. The molecule has 0 amide bonds. The van der Waals surface area contributed by atoms with Gasteiger partial charge in [-0.1, -0.05) is 52.6 Å². The summed E-state index contributed by atoms with van der Waals surface area (Å²) in [5.41, 5.74) is 3.72. The molecule has 0 bridgehead atoms. The normalized spacial score (nSPS) is 17.5. The number of anilines is 1. The molecule has 3 aromatic rings. The Labute approximate surface area is 186 Å². The standard InChI is InChI=1S/C24H24Cl2N2O2/c25-20-7-4-8-21(26)22(20)23-19(24(30-27-23)16-9-10-16)15-29-18-11-13-28(14-12-18)17-5-2-1-3-6-17/h1-8,16,18H,9-15H2. The average molecular weight is 443 g/mol. The van der Waals surface area contributed by atoms with Crippen molar-refractivity contribution in [2.45, 2.75) is 44.3 Å². The van der Waals surface area contributed by atoms with Crippen LogP contribution >= 0.6 is 23.2 Å². The third-order valence-electron chi connectivity index (χ3n) is 5.99. The van der Waals surface area contributed by atoms with E-state index in [1.54, 1.807) is 0 Å². The quantitative estimate of drug-likeness (QED) is 0.424. The van der Waals surface area contributed by atoms with Crippen molar-refractivity contribution in [3.05, 3.63) is 69.9 Å². The number of benzene rings is 2. The predicted octanol–water partition coefficient (Wildman–Crippen LogP) is 6.71. The summed E-state index contributed by atoms with van der Waals surface area (Å²) in [4.78, 5) is 2.42. The molecule has 30 heavy (non-hydrogen) atoms. The molecule has 2 aliphatic rings. The highest BCUT2D eigenvalue weighted by Gasteiger charge is 2.34. The summed E-state index contributed by atoms with van der Waals surface area (Å²) in [5, 5.41) is 5.51. The highest BCUT2D eigenvalue weighted by atomic mass is 35.5. The van der Waals surface area contributed by atoms with Crippen molar-refractivity contribution >= 4 is 28.9 Å². The zero-order chi connectivity index (χ0) is 20.5. The third kappa shape index (κ3) is 4.09. The van der Waals surface area contributed by atoms with E-state index in [2.05, 4.69) is 40.4 Å². The van der Waals surface area contributed by atoms with Gasteiger partial charge in [-0.3, -0.25) is 0 Å². The Morgan fingerprint density at radius 2 is 1.63 bits per heavy atom. The first-order valence-corrected chi connectivity index (χ1v) is 11.3. The van der Waals surface area contributed by atoms with Gasteiger partial charge < -0.3 is 14.2 Å². The minimum absolute atomic E-state index is 0.224. The lowest BCUT2D eigenvalue weighted by Crippen LogP contribution is -2.37. The van der Waals surface area contributed by atoms with E-state index < -0.39 is 0 Å². The van der Waals surface area contributed by atoms with Gasteiger partial charge in [-0.2, -0.15) is 0 Å². The summed E-state index contributed by atoms with van der Waals surface area (Å²) in [6, 6.07) is 16.1. The highest BCUT2D eigenvalue weighted by molar-refractivity contribution is 6.39. The van der Waals surface area contributed by atoms with Crippen LogP contribution in [0.25, 0.3) is 11.3 Å². The van der Waals surface area contributed by atoms with Gasteiger partial charge in [0.15, 0.2) is 0 Å². The van der Waals surface area contributed by atoms with Crippen molar-refractivity contribution in [1.29, 1.82) is 0 Å². The lowest BCUT2D eigenvalue weighted by Gasteiger charge is -2.33. The minimum Gasteiger partial charge on any atom is -0.373 e. The fourth-order valence-corrected chi connectivity index (χ4v) is 4.75. The summed E-state index contributed by atoms with van der Waals surface area (Å²) >= 11 is 12.9. The number of hydrogen-bond donors (Lipinski definition) is 0. The zero-order valence-electron chi connectivity index (χ0n) is 16.7. The summed E-state index contributed by atoms with van der Waals surface area (Å²) in [6.45, 7) is 2.47. The molecule has 156 valence electrons. The summed E-state index contributed by atoms with van der Waals surface area (Å²) in [6.07, 6.45) is 4.49. The van der Waals surface area contributed by atoms with Crippen molar-refractivity contribution in [3.63, 3.8) is 0 Å². The lowest BCUT2D eigenvalue weighted by atomic mass is 10.0. The molecule has 1 aliphatic carbocycles. The lowest BCUT2D eigenvalue weighted by molar-refractivity contribution is 0.0246. The van der Waals surface area contributed by atoms with Crippen molar-refractivity contribution in [3.8, 4) is 11.3 Å². The maximum Gasteiger partial charge on any atom is 0.145 e. The Kier molecular flexibility index (Phi) is 5.72. The van der Waals surface area contributed by atoms with Crippen LogP contribution in [-0.2, 0) is 11.3 Å². The van der Waals surface area contributed by atoms with Gasteiger partial charge in [-0.05, 0) is 49.9 Å². The van der Waals surface area contributed by atoms with Crippen molar-refractivity contribution in [2.75, 3.05) is 18.0 Å². The van der Waals surface area contributed by atoms with E-state index in [4.69, 9.17) is 32.5 Å². The van der Waals surface area contributed by atoms with Crippen LogP contribution in [0, 0.1) is 0 Å².